The van der Waals surface area contributed by atoms with Crippen molar-refractivity contribution in [3.63, 3.8) is 0 Å². The van der Waals surface area contributed by atoms with Gasteiger partial charge in [-0.3, -0.25) is 4.90 Å². The maximum Gasteiger partial charge on any atom is 0.223 e. The number of rotatable bonds is 7. The van der Waals surface area contributed by atoms with Crippen LogP contribution in [0.15, 0.2) is 53.4 Å². The van der Waals surface area contributed by atoms with E-state index in [9.17, 15) is 8.78 Å². The highest BCUT2D eigenvalue weighted by molar-refractivity contribution is 5.90. The van der Waals surface area contributed by atoms with Gasteiger partial charge in [0.25, 0.3) is 0 Å². The van der Waals surface area contributed by atoms with Gasteiger partial charge >= 0.3 is 0 Å². The molecule has 0 amide bonds. The first-order valence-electron chi connectivity index (χ1n) is 13.4. The number of fused-ring (bicyclic) bond motifs is 3. The van der Waals surface area contributed by atoms with E-state index in [0.717, 1.165) is 30.7 Å². The number of benzene rings is 1. The number of halogens is 2. The normalized spacial score (nSPS) is 20.2. The zero-order valence-electron chi connectivity index (χ0n) is 21.7. The third-order valence-corrected chi connectivity index (χ3v) is 7.64. The van der Waals surface area contributed by atoms with Gasteiger partial charge in [0.15, 0.2) is 17.6 Å². The lowest BCUT2D eigenvalue weighted by atomic mass is 10.2. The zero-order valence-corrected chi connectivity index (χ0v) is 21.7. The second-order valence-corrected chi connectivity index (χ2v) is 10.2. The first-order valence-corrected chi connectivity index (χ1v) is 13.4. The molecule has 13 heteroatoms. The third kappa shape index (κ3) is 4.50. The molecule has 2 aliphatic heterocycles. The molecule has 208 valence electrons. The van der Waals surface area contributed by atoms with Crippen molar-refractivity contribution in [2.45, 2.75) is 18.8 Å². The Balaban J connectivity index is 0.990. The van der Waals surface area contributed by atoms with E-state index in [0.29, 0.717) is 54.7 Å². The second-order valence-electron chi connectivity index (χ2n) is 10.2. The van der Waals surface area contributed by atoms with Gasteiger partial charge in [0.2, 0.25) is 5.95 Å². The molecule has 2 fully saturated rings. The average Bonchev–Trinajstić information content (AvgIpc) is 3.76. The number of nitrogens with two attached hydrogens (primary N) is 1. The smallest absolute Gasteiger partial charge is 0.223 e. The number of furan rings is 1. The molecule has 2 aliphatic rings. The molecule has 11 nitrogen and oxygen atoms in total. The molecule has 1 aromatic carbocycles. The highest BCUT2D eigenvalue weighted by Gasteiger charge is 2.29. The van der Waals surface area contributed by atoms with Crippen LogP contribution < -0.4 is 20.7 Å². The van der Waals surface area contributed by atoms with Gasteiger partial charge in [-0.25, -0.2) is 13.8 Å². The Labute approximate surface area is 228 Å². The van der Waals surface area contributed by atoms with Gasteiger partial charge < -0.3 is 29.7 Å². The van der Waals surface area contributed by atoms with E-state index >= 15 is 0 Å². The molecule has 0 radical (unpaired) electrons. The number of aromatic nitrogens is 5. The monoisotopic (exact) mass is 549 g/mol. The van der Waals surface area contributed by atoms with Crippen molar-refractivity contribution in [1.29, 1.82) is 0 Å². The Hall–Kier alpha value is -4.23. The van der Waals surface area contributed by atoms with Crippen molar-refractivity contribution < 1.29 is 17.9 Å². The Bertz CT molecular complexity index is 1640. The van der Waals surface area contributed by atoms with E-state index < -0.39 is 12.3 Å². The lowest BCUT2D eigenvalue weighted by Crippen LogP contribution is -2.47. The molecule has 6 heterocycles. The van der Waals surface area contributed by atoms with Crippen molar-refractivity contribution in [3.05, 3.63) is 54.8 Å². The molecule has 4 aromatic heterocycles. The van der Waals surface area contributed by atoms with Crippen LogP contribution in [0.4, 0.5) is 20.4 Å². The second kappa shape index (κ2) is 10.1. The molecule has 2 atom stereocenters. The van der Waals surface area contributed by atoms with Crippen LogP contribution in [0.1, 0.15) is 0 Å². The summed E-state index contributed by atoms with van der Waals surface area (Å²) < 4.78 is 43.4. The fourth-order valence-corrected chi connectivity index (χ4v) is 5.45. The van der Waals surface area contributed by atoms with Gasteiger partial charge in [-0.1, -0.05) is 0 Å². The molecular weight excluding hydrogens is 520 g/mol. The Morgan fingerprint density at radius 2 is 1.98 bits per heavy atom. The first-order chi connectivity index (χ1) is 19.5. The van der Waals surface area contributed by atoms with E-state index in [1.165, 1.54) is 6.07 Å². The van der Waals surface area contributed by atoms with Gasteiger partial charge in [0.1, 0.15) is 34.4 Å². The van der Waals surface area contributed by atoms with Crippen LogP contribution in [0.3, 0.4) is 0 Å². The summed E-state index contributed by atoms with van der Waals surface area (Å²) in [5.41, 5.74) is 9.63. The van der Waals surface area contributed by atoms with Gasteiger partial charge in [0, 0.05) is 58.4 Å². The van der Waals surface area contributed by atoms with Gasteiger partial charge in [-0.05, 0) is 30.3 Å². The number of piperazine rings is 1. The number of nitrogen functional groups attached to an aromatic ring is 1. The lowest BCUT2D eigenvalue weighted by Gasteiger charge is -2.36. The Morgan fingerprint density at radius 3 is 2.73 bits per heavy atom. The van der Waals surface area contributed by atoms with Crippen molar-refractivity contribution in [2.24, 2.45) is 0 Å². The third-order valence-electron chi connectivity index (χ3n) is 7.64. The minimum Gasteiger partial charge on any atom is -0.486 e. The topological polar surface area (TPSA) is 115 Å². The van der Waals surface area contributed by atoms with E-state index in [1.54, 1.807) is 29.2 Å². The summed E-state index contributed by atoms with van der Waals surface area (Å²) in [7, 11) is 0. The molecular formula is C27H29F2N9O2. The molecule has 0 spiro atoms. The highest BCUT2D eigenvalue weighted by atomic mass is 19.1. The molecule has 3 N–H and O–H groups in total. The number of anilines is 2. The fourth-order valence-electron chi connectivity index (χ4n) is 5.45. The Morgan fingerprint density at radius 1 is 1.10 bits per heavy atom. The molecule has 7 rings (SSSR count). The van der Waals surface area contributed by atoms with Crippen LogP contribution in [0, 0.1) is 5.82 Å². The first kappa shape index (κ1) is 24.8. The summed E-state index contributed by atoms with van der Waals surface area (Å²) in [6, 6.07) is 10.3. The minimum absolute atomic E-state index is 0.263. The quantitative estimate of drug-likeness (QED) is 0.316. The SMILES string of the molecule is Nc1nc2c(ncn2CCN2CCN(c3ccc(O[C@H]4CNC[C@H]4F)cc3F)CC2)c2cc(-c3ccco3)nn12. The van der Waals surface area contributed by atoms with Crippen LogP contribution >= 0.6 is 0 Å². The maximum absolute atomic E-state index is 14.9. The standard InChI is InChI=1S/C27H29F2N9O2/c28-18-12-17(40-24-15-31-14-19(24)29)3-4-21(18)36-8-5-35(6-9-36)7-10-37-16-32-25-22-13-20(23-2-1-11-39-23)34-38(22)27(30)33-26(25)37/h1-4,11-13,16,19,24,31H,5-10,14-15H2,(H2,30,33)/t19-,24+/m1/s1. The number of hydrogen-bond acceptors (Lipinski definition) is 9. The van der Waals surface area contributed by atoms with E-state index in [-0.39, 0.29) is 18.3 Å². The fraction of sp³-hybridized carbons (Fsp3) is 0.370. The highest BCUT2D eigenvalue weighted by Crippen LogP contribution is 2.28. The van der Waals surface area contributed by atoms with E-state index in [2.05, 4.69) is 25.3 Å². The van der Waals surface area contributed by atoms with E-state index in [4.69, 9.17) is 14.9 Å². The summed E-state index contributed by atoms with van der Waals surface area (Å²) >= 11 is 0. The molecule has 0 bridgehead atoms. The molecule has 40 heavy (non-hydrogen) atoms. The number of alkyl halides is 1. The lowest BCUT2D eigenvalue weighted by molar-refractivity contribution is 0.139. The summed E-state index contributed by atoms with van der Waals surface area (Å²) in [5.74, 6) is 0.916. The van der Waals surface area contributed by atoms with Crippen LogP contribution in [-0.4, -0.2) is 87.1 Å². The maximum atomic E-state index is 14.9. The number of ether oxygens (including phenoxy) is 1. The average molecular weight is 550 g/mol. The largest absolute Gasteiger partial charge is 0.486 e. The van der Waals surface area contributed by atoms with Gasteiger partial charge in [-0.2, -0.15) is 14.6 Å². The van der Waals surface area contributed by atoms with Gasteiger partial charge in [-0.15, -0.1) is 0 Å². The van der Waals surface area contributed by atoms with Crippen molar-refractivity contribution in [1.82, 2.24) is 34.4 Å². The summed E-state index contributed by atoms with van der Waals surface area (Å²) in [6.45, 7) is 5.12. The number of imidazole rings is 1. The van der Waals surface area contributed by atoms with Crippen LogP contribution in [0.2, 0.25) is 0 Å². The molecule has 0 aliphatic carbocycles. The van der Waals surface area contributed by atoms with Gasteiger partial charge in [0.05, 0.1) is 18.3 Å². The van der Waals surface area contributed by atoms with E-state index in [1.807, 2.05) is 27.7 Å². The molecule has 0 unspecified atom stereocenters. The van der Waals surface area contributed by atoms with Crippen molar-refractivity contribution >= 4 is 28.3 Å². The summed E-state index contributed by atoms with van der Waals surface area (Å²) in [5, 5.41) is 7.46. The predicted octanol–water partition coefficient (Wildman–Crippen LogP) is 2.57. The summed E-state index contributed by atoms with van der Waals surface area (Å²) in [4.78, 5) is 13.5. The number of nitrogens with zero attached hydrogens (tertiary/aromatic N) is 7. The molecule has 5 aromatic rings. The number of hydrogen-bond donors (Lipinski definition) is 2. The predicted molar refractivity (Wildman–Crippen MR) is 146 cm³/mol. The Kier molecular flexibility index (Phi) is 6.24. The van der Waals surface area contributed by atoms with Crippen molar-refractivity contribution in [2.75, 3.05) is 56.4 Å². The molecule has 2 saturated heterocycles. The van der Waals surface area contributed by atoms with Crippen molar-refractivity contribution in [3.8, 4) is 17.2 Å². The number of nitrogens with one attached hydrogen (secondary N) is 1. The zero-order chi connectivity index (χ0) is 27.2. The summed E-state index contributed by atoms with van der Waals surface area (Å²) in [6.07, 6.45) is 1.71. The van der Waals surface area contributed by atoms with Crippen LogP contribution in [0.5, 0.6) is 5.75 Å². The molecule has 0 saturated carbocycles. The minimum atomic E-state index is -1.09. The van der Waals surface area contributed by atoms with Crippen LogP contribution in [0.25, 0.3) is 28.1 Å². The van der Waals surface area contributed by atoms with Crippen LogP contribution in [-0.2, 0) is 6.54 Å².